The molecule has 0 bridgehead atoms. The highest BCUT2D eigenvalue weighted by Gasteiger charge is 2.32. The normalized spacial score (nSPS) is 15.7. The fraction of sp³-hybridized carbons (Fsp3) is 0.345. The molecule has 1 fully saturated rings. The highest BCUT2D eigenvalue weighted by molar-refractivity contribution is 6.00. The van der Waals surface area contributed by atoms with E-state index in [0.717, 1.165) is 37.0 Å². The summed E-state index contributed by atoms with van der Waals surface area (Å²) in [5, 5.41) is 14.9. The molecular formula is C29H30N3O6-. The van der Waals surface area contributed by atoms with E-state index in [9.17, 15) is 14.7 Å². The van der Waals surface area contributed by atoms with E-state index in [0.29, 0.717) is 28.8 Å². The van der Waals surface area contributed by atoms with Crippen molar-refractivity contribution >= 4 is 22.9 Å². The number of ether oxygens (including phenoxy) is 2. The lowest BCUT2D eigenvalue weighted by Gasteiger charge is -2.33. The number of aromatic nitrogens is 2. The Kier molecular flexibility index (Phi) is 6.84. The molecule has 2 aromatic heterocycles. The highest BCUT2D eigenvalue weighted by atomic mass is 16.5. The molecule has 1 aliphatic rings. The minimum absolute atomic E-state index is 0.282. The van der Waals surface area contributed by atoms with Crippen LogP contribution in [0.3, 0.4) is 0 Å². The lowest BCUT2D eigenvalue weighted by Crippen LogP contribution is -2.55. The van der Waals surface area contributed by atoms with Gasteiger partial charge in [0, 0.05) is 11.6 Å². The number of aliphatic carboxylic acids is 1. The van der Waals surface area contributed by atoms with Crippen molar-refractivity contribution in [3.63, 3.8) is 0 Å². The largest absolute Gasteiger partial charge is 0.547 e. The number of fused-ring (bicyclic) bond motifs is 1. The number of rotatable bonds is 8. The molecule has 198 valence electrons. The van der Waals surface area contributed by atoms with Crippen molar-refractivity contribution in [1.82, 2.24) is 14.9 Å². The first-order valence-electron chi connectivity index (χ1n) is 12.7. The van der Waals surface area contributed by atoms with Gasteiger partial charge in [0.2, 0.25) is 0 Å². The third-order valence-corrected chi connectivity index (χ3v) is 7.37. The van der Waals surface area contributed by atoms with Crippen LogP contribution in [0.25, 0.3) is 22.6 Å². The molecule has 9 heteroatoms. The van der Waals surface area contributed by atoms with E-state index >= 15 is 0 Å². The number of hydrogen-bond acceptors (Lipinski definition) is 7. The summed E-state index contributed by atoms with van der Waals surface area (Å²) >= 11 is 0. The first kappa shape index (κ1) is 25.4. The van der Waals surface area contributed by atoms with Crippen molar-refractivity contribution in [2.75, 3.05) is 14.2 Å². The van der Waals surface area contributed by atoms with Gasteiger partial charge in [0.15, 0.2) is 23.1 Å². The van der Waals surface area contributed by atoms with Gasteiger partial charge in [-0.2, -0.15) is 0 Å². The maximum atomic E-state index is 13.4. The van der Waals surface area contributed by atoms with Gasteiger partial charge in [0.25, 0.3) is 5.91 Å². The van der Waals surface area contributed by atoms with Gasteiger partial charge < -0.3 is 33.7 Å². The maximum absolute atomic E-state index is 13.4. The van der Waals surface area contributed by atoms with E-state index in [-0.39, 0.29) is 11.1 Å². The zero-order chi connectivity index (χ0) is 26.9. The van der Waals surface area contributed by atoms with E-state index in [1.54, 1.807) is 30.5 Å². The first-order chi connectivity index (χ1) is 18.4. The Morgan fingerprint density at radius 3 is 2.47 bits per heavy atom. The molecule has 5 rings (SSSR count). The van der Waals surface area contributed by atoms with Crippen LogP contribution in [0.4, 0.5) is 0 Å². The number of nitrogens with zero attached hydrogens (tertiary/aromatic N) is 2. The van der Waals surface area contributed by atoms with Gasteiger partial charge in [0.1, 0.15) is 5.54 Å². The zero-order valence-corrected chi connectivity index (χ0v) is 21.7. The van der Waals surface area contributed by atoms with Crippen LogP contribution in [0.1, 0.15) is 61.0 Å². The number of furan rings is 1. The number of amides is 1. The van der Waals surface area contributed by atoms with Crippen molar-refractivity contribution in [2.24, 2.45) is 0 Å². The molecule has 0 aliphatic heterocycles. The average Bonchev–Trinajstić information content (AvgIpc) is 3.60. The average molecular weight is 517 g/mol. The van der Waals surface area contributed by atoms with Crippen molar-refractivity contribution in [3.05, 3.63) is 65.9 Å². The lowest BCUT2D eigenvalue weighted by atomic mass is 9.91. The Labute approximate surface area is 220 Å². The van der Waals surface area contributed by atoms with E-state index in [4.69, 9.17) is 18.9 Å². The number of hydrogen-bond donors (Lipinski definition) is 1. The Morgan fingerprint density at radius 2 is 1.82 bits per heavy atom. The van der Waals surface area contributed by atoms with E-state index in [1.807, 2.05) is 18.2 Å². The van der Waals surface area contributed by atoms with Crippen LogP contribution in [0.15, 0.2) is 59.2 Å². The van der Waals surface area contributed by atoms with Gasteiger partial charge in [-0.1, -0.05) is 25.3 Å². The molecule has 38 heavy (non-hydrogen) atoms. The molecule has 2 aromatic carbocycles. The standard InChI is InChI=1S/C29H31N3O6/c1-29(28(34)35,19-12-14-23(36-2)25(17-19)37-3)31-27(33)18-11-13-22-21(16-18)30-26(24-10-7-15-38-24)32(22)20-8-5-4-6-9-20/h7,10-17,20H,4-6,8-9H2,1-3H3,(H,31,33)(H,34,35)/p-1. The quantitative estimate of drug-likeness (QED) is 0.373. The number of benzene rings is 2. The molecule has 0 radical (unpaired) electrons. The van der Waals surface area contributed by atoms with E-state index in [2.05, 4.69) is 9.88 Å². The lowest BCUT2D eigenvalue weighted by molar-refractivity contribution is -0.314. The molecule has 1 aliphatic carbocycles. The Balaban J connectivity index is 1.51. The van der Waals surface area contributed by atoms with Gasteiger partial charge in [0.05, 0.1) is 37.5 Å². The second kappa shape index (κ2) is 10.2. The summed E-state index contributed by atoms with van der Waals surface area (Å²) < 4.78 is 18.5. The number of methoxy groups -OCH3 is 2. The number of imidazole rings is 1. The summed E-state index contributed by atoms with van der Waals surface area (Å²) in [4.78, 5) is 30.5. The number of carbonyl (C=O) groups is 2. The van der Waals surface area contributed by atoms with Crippen LogP contribution in [0.5, 0.6) is 11.5 Å². The number of carboxylic acids is 1. The second-order valence-corrected chi connectivity index (χ2v) is 9.71. The predicted octanol–water partition coefficient (Wildman–Crippen LogP) is 4.21. The van der Waals surface area contributed by atoms with Gasteiger partial charge >= 0.3 is 0 Å². The minimum Gasteiger partial charge on any atom is -0.547 e. The maximum Gasteiger partial charge on any atom is 0.252 e. The van der Waals surface area contributed by atoms with Crippen LogP contribution in [0, 0.1) is 0 Å². The van der Waals surface area contributed by atoms with E-state index in [1.165, 1.54) is 33.6 Å². The van der Waals surface area contributed by atoms with E-state index < -0.39 is 17.4 Å². The van der Waals surface area contributed by atoms with Crippen molar-refractivity contribution in [2.45, 2.75) is 50.6 Å². The third kappa shape index (κ3) is 4.49. The molecule has 0 spiro atoms. The molecule has 1 saturated carbocycles. The third-order valence-electron chi connectivity index (χ3n) is 7.37. The van der Waals surface area contributed by atoms with Crippen molar-refractivity contribution in [3.8, 4) is 23.1 Å². The fourth-order valence-corrected chi connectivity index (χ4v) is 5.22. The molecule has 1 N–H and O–H groups in total. The van der Waals surface area contributed by atoms with Crippen LogP contribution in [0.2, 0.25) is 0 Å². The summed E-state index contributed by atoms with van der Waals surface area (Å²) in [6.45, 7) is 1.38. The van der Waals surface area contributed by atoms with Crippen molar-refractivity contribution in [1.29, 1.82) is 0 Å². The van der Waals surface area contributed by atoms with Crippen LogP contribution < -0.4 is 19.9 Å². The van der Waals surface area contributed by atoms with Crippen LogP contribution in [-0.2, 0) is 10.3 Å². The Bertz CT molecular complexity index is 1470. The summed E-state index contributed by atoms with van der Waals surface area (Å²) in [5.74, 6) is 0.137. The highest BCUT2D eigenvalue weighted by Crippen LogP contribution is 2.37. The van der Waals surface area contributed by atoms with Crippen LogP contribution >= 0.6 is 0 Å². The van der Waals surface area contributed by atoms with Crippen LogP contribution in [-0.4, -0.2) is 35.6 Å². The number of carboxylic acid groups (broad SMARTS) is 1. The van der Waals surface area contributed by atoms with Gasteiger partial charge in [-0.15, -0.1) is 0 Å². The first-order valence-corrected chi connectivity index (χ1v) is 12.7. The van der Waals surface area contributed by atoms with Gasteiger partial charge in [-0.25, -0.2) is 4.98 Å². The van der Waals surface area contributed by atoms with Crippen molar-refractivity contribution < 1.29 is 28.6 Å². The van der Waals surface area contributed by atoms with Gasteiger partial charge in [-0.3, -0.25) is 4.79 Å². The number of carbonyl (C=O) groups excluding carboxylic acids is 2. The molecule has 4 aromatic rings. The molecule has 2 heterocycles. The molecule has 0 saturated heterocycles. The molecule has 1 atom stereocenters. The molecule has 9 nitrogen and oxygen atoms in total. The van der Waals surface area contributed by atoms with Gasteiger partial charge in [-0.05, 0) is 67.8 Å². The smallest absolute Gasteiger partial charge is 0.252 e. The SMILES string of the molecule is COc1ccc(C(C)(NC(=O)c2ccc3c(c2)nc(-c2ccco2)n3C2CCCCC2)C(=O)[O-])cc1OC. The second-order valence-electron chi connectivity index (χ2n) is 9.71. The summed E-state index contributed by atoms with van der Waals surface area (Å²) in [7, 11) is 2.94. The fourth-order valence-electron chi connectivity index (χ4n) is 5.22. The topological polar surface area (TPSA) is 119 Å². The Morgan fingerprint density at radius 1 is 1.05 bits per heavy atom. The zero-order valence-electron chi connectivity index (χ0n) is 21.7. The molecular weight excluding hydrogens is 486 g/mol. The minimum atomic E-state index is -1.83. The molecule has 1 amide bonds. The Hall–Kier alpha value is -4.27. The summed E-state index contributed by atoms with van der Waals surface area (Å²) in [5.41, 5.74) is 0.279. The summed E-state index contributed by atoms with van der Waals surface area (Å²) in [6.07, 6.45) is 7.25. The molecule has 1 unspecified atom stereocenters. The predicted molar refractivity (Wildman–Crippen MR) is 139 cm³/mol. The summed E-state index contributed by atoms with van der Waals surface area (Å²) in [6, 6.07) is 13.9. The number of nitrogens with one attached hydrogen (secondary N) is 1. The monoisotopic (exact) mass is 516 g/mol.